The average molecular weight is 443 g/mol. The molecule has 0 bridgehead atoms. The van der Waals surface area contributed by atoms with Crippen LogP contribution in [-0.4, -0.2) is 47.8 Å². The number of fused-ring (bicyclic) bond motifs is 1. The Labute approximate surface area is 190 Å². The van der Waals surface area contributed by atoms with Crippen molar-refractivity contribution in [3.8, 4) is 0 Å². The molecular weight excluding hydrogens is 408 g/mol. The van der Waals surface area contributed by atoms with E-state index in [1.165, 1.54) is 11.1 Å². The molecule has 174 valence electrons. The molecule has 2 unspecified atom stereocenters. The molecule has 2 aromatic carbocycles. The summed E-state index contributed by atoms with van der Waals surface area (Å²) in [7, 11) is 0. The number of aliphatic hydroxyl groups excluding tert-OH is 2. The van der Waals surface area contributed by atoms with Crippen LogP contribution in [0.4, 0.5) is 0 Å². The minimum absolute atomic E-state index is 0.305. The van der Waals surface area contributed by atoms with Crippen LogP contribution in [0.3, 0.4) is 0 Å². The van der Waals surface area contributed by atoms with Gasteiger partial charge in [0.2, 0.25) is 0 Å². The van der Waals surface area contributed by atoms with Gasteiger partial charge < -0.3 is 29.2 Å². The molecule has 2 fully saturated rings. The maximum atomic E-state index is 10.6. The van der Waals surface area contributed by atoms with Gasteiger partial charge in [-0.3, -0.25) is 0 Å². The fraction of sp³-hybridized carbons (Fsp3) is 0.538. The Bertz CT molecular complexity index is 895. The Morgan fingerprint density at radius 1 is 0.844 bits per heavy atom. The minimum atomic E-state index is -1.09. The van der Waals surface area contributed by atoms with Crippen molar-refractivity contribution in [2.24, 2.45) is 0 Å². The molecule has 2 aliphatic heterocycles. The zero-order valence-corrected chi connectivity index (χ0v) is 19.2. The SMILES string of the molecule is CC(C)c1cccc(C2OC[C@@H]3OC(c4cccc(C(C)C)c4)O[C@H]([C@H](O)CO)[C@@H]3O2)c1. The van der Waals surface area contributed by atoms with Crippen LogP contribution in [0.25, 0.3) is 0 Å². The van der Waals surface area contributed by atoms with Gasteiger partial charge in [0, 0.05) is 11.1 Å². The second kappa shape index (κ2) is 10.00. The van der Waals surface area contributed by atoms with Gasteiger partial charge in [-0.2, -0.15) is 0 Å². The number of rotatable bonds is 6. The van der Waals surface area contributed by atoms with E-state index in [9.17, 15) is 10.2 Å². The van der Waals surface area contributed by atoms with E-state index in [2.05, 4.69) is 52.0 Å². The first-order chi connectivity index (χ1) is 15.4. The molecule has 6 atom stereocenters. The van der Waals surface area contributed by atoms with Crippen LogP contribution in [0, 0.1) is 0 Å². The number of ether oxygens (including phenoxy) is 4. The third-order valence-electron chi connectivity index (χ3n) is 6.23. The molecule has 32 heavy (non-hydrogen) atoms. The Balaban J connectivity index is 1.56. The summed E-state index contributed by atoms with van der Waals surface area (Å²) < 4.78 is 24.7. The largest absolute Gasteiger partial charge is 0.394 e. The van der Waals surface area contributed by atoms with E-state index >= 15 is 0 Å². The van der Waals surface area contributed by atoms with Gasteiger partial charge in [-0.1, -0.05) is 76.2 Å². The highest BCUT2D eigenvalue weighted by atomic mass is 16.8. The topological polar surface area (TPSA) is 77.4 Å². The van der Waals surface area contributed by atoms with Crippen molar-refractivity contribution in [3.05, 3.63) is 70.8 Å². The van der Waals surface area contributed by atoms with Crippen molar-refractivity contribution in [1.29, 1.82) is 0 Å². The third-order valence-corrected chi connectivity index (χ3v) is 6.23. The lowest BCUT2D eigenvalue weighted by Crippen LogP contribution is -2.58. The van der Waals surface area contributed by atoms with Crippen molar-refractivity contribution in [1.82, 2.24) is 0 Å². The van der Waals surface area contributed by atoms with E-state index < -0.39 is 43.6 Å². The molecule has 6 heteroatoms. The van der Waals surface area contributed by atoms with Gasteiger partial charge >= 0.3 is 0 Å². The number of hydrogen-bond donors (Lipinski definition) is 2. The molecule has 0 radical (unpaired) electrons. The van der Waals surface area contributed by atoms with Gasteiger partial charge in [0.15, 0.2) is 12.6 Å². The normalized spacial score (nSPS) is 29.2. The van der Waals surface area contributed by atoms with E-state index in [0.29, 0.717) is 18.4 Å². The Kier molecular flexibility index (Phi) is 7.30. The van der Waals surface area contributed by atoms with Gasteiger partial charge in [-0.25, -0.2) is 0 Å². The first-order valence-electron chi connectivity index (χ1n) is 11.4. The summed E-state index contributed by atoms with van der Waals surface area (Å²) in [5.41, 5.74) is 4.16. The summed E-state index contributed by atoms with van der Waals surface area (Å²) in [6, 6.07) is 16.2. The predicted molar refractivity (Wildman–Crippen MR) is 120 cm³/mol. The fourth-order valence-electron chi connectivity index (χ4n) is 4.24. The lowest BCUT2D eigenvalue weighted by atomic mass is 9.97. The van der Waals surface area contributed by atoms with E-state index in [1.807, 2.05) is 24.3 Å². The highest BCUT2D eigenvalue weighted by Crippen LogP contribution is 2.39. The third kappa shape index (κ3) is 4.91. The molecule has 6 nitrogen and oxygen atoms in total. The van der Waals surface area contributed by atoms with Gasteiger partial charge in [-0.05, 0) is 23.0 Å². The lowest BCUT2D eigenvalue weighted by Gasteiger charge is -2.47. The van der Waals surface area contributed by atoms with Crippen LogP contribution in [0.15, 0.2) is 48.5 Å². The van der Waals surface area contributed by atoms with Crippen molar-refractivity contribution in [2.75, 3.05) is 13.2 Å². The van der Waals surface area contributed by atoms with Crippen LogP contribution in [0.5, 0.6) is 0 Å². The van der Waals surface area contributed by atoms with Gasteiger partial charge in [0.25, 0.3) is 0 Å². The van der Waals surface area contributed by atoms with Crippen molar-refractivity contribution < 1.29 is 29.2 Å². The Hall–Kier alpha value is -1.80. The maximum absolute atomic E-state index is 10.6. The highest BCUT2D eigenvalue weighted by Gasteiger charge is 2.48. The summed E-state index contributed by atoms with van der Waals surface area (Å²) in [5.74, 6) is 0.757. The van der Waals surface area contributed by atoms with Crippen molar-refractivity contribution >= 4 is 0 Å². The quantitative estimate of drug-likeness (QED) is 0.699. The van der Waals surface area contributed by atoms with Crippen LogP contribution in [0.2, 0.25) is 0 Å². The molecule has 0 spiro atoms. The molecule has 2 saturated heterocycles. The molecule has 2 heterocycles. The summed E-state index contributed by atoms with van der Waals surface area (Å²) in [4.78, 5) is 0. The Morgan fingerprint density at radius 3 is 2.00 bits per heavy atom. The molecule has 0 aliphatic carbocycles. The van der Waals surface area contributed by atoms with Crippen LogP contribution >= 0.6 is 0 Å². The number of benzene rings is 2. The zero-order valence-electron chi connectivity index (χ0n) is 19.2. The van der Waals surface area contributed by atoms with Crippen molar-refractivity contribution in [2.45, 2.75) is 76.5 Å². The van der Waals surface area contributed by atoms with Crippen LogP contribution in [0.1, 0.15) is 74.4 Å². The highest BCUT2D eigenvalue weighted by molar-refractivity contribution is 5.28. The molecule has 0 amide bonds. The summed E-state index contributed by atoms with van der Waals surface area (Å²) in [5, 5.41) is 20.2. The fourth-order valence-corrected chi connectivity index (χ4v) is 4.24. The zero-order chi connectivity index (χ0) is 22.8. The van der Waals surface area contributed by atoms with Gasteiger partial charge in [-0.15, -0.1) is 0 Å². The van der Waals surface area contributed by atoms with E-state index in [0.717, 1.165) is 11.1 Å². The second-order valence-electron chi connectivity index (χ2n) is 9.27. The van der Waals surface area contributed by atoms with Crippen LogP contribution < -0.4 is 0 Å². The first-order valence-corrected chi connectivity index (χ1v) is 11.4. The molecule has 2 aromatic rings. The first kappa shape index (κ1) is 23.4. The average Bonchev–Trinajstić information content (AvgIpc) is 2.82. The van der Waals surface area contributed by atoms with Gasteiger partial charge in [0.05, 0.1) is 13.2 Å². The van der Waals surface area contributed by atoms with Crippen molar-refractivity contribution in [3.63, 3.8) is 0 Å². The molecular formula is C26H34O6. The monoisotopic (exact) mass is 442 g/mol. The smallest absolute Gasteiger partial charge is 0.184 e. The molecule has 0 saturated carbocycles. The predicted octanol–water partition coefficient (Wildman–Crippen LogP) is 4.18. The summed E-state index contributed by atoms with van der Waals surface area (Å²) >= 11 is 0. The maximum Gasteiger partial charge on any atom is 0.184 e. The molecule has 4 rings (SSSR count). The molecule has 2 aliphatic rings. The van der Waals surface area contributed by atoms with Gasteiger partial charge in [0.1, 0.15) is 24.4 Å². The lowest BCUT2D eigenvalue weighted by molar-refractivity contribution is -0.373. The van der Waals surface area contributed by atoms with E-state index in [-0.39, 0.29) is 0 Å². The summed E-state index contributed by atoms with van der Waals surface area (Å²) in [6.07, 6.45) is -4.09. The Morgan fingerprint density at radius 2 is 1.44 bits per heavy atom. The van der Waals surface area contributed by atoms with E-state index in [4.69, 9.17) is 18.9 Å². The number of hydrogen-bond acceptors (Lipinski definition) is 6. The molecule has 2 N–H and O–H groups in total. The standard InChI is InChI=1S/C26H34O6/c1-15(2)17-7-5-9-19(11-17)25-29-14-22-24(32-25)23(21(28)13-27)31-26(30-22)20-10-6-8-18(12-20)16(3)4/h5-12,15-16,21-28H,13-14H2,1-4H3/t21-,22+,23-,24-,25?,26?/m1/s1. The van der Waals surface area contributed by atoms with Crippen LogP contribution in [-0.2, 0) is 18.9 Å². The minimum Gasteiger partial charge on any atom is -0.394 e. The summed E-state index contributed by atoms with van der Waals surface area (Å²) in [6.45, 7) is 8.43. The number of aliphatic hydroxyl groups is 2. The molecule has 0 aromatic heterocycles. The van der Waals surface area contributed by atoms with E-state index in [1.54, 1.807) is 0 Å². The second-order valence-corrected chi connectivity index (χ2v) is 9.27.